The van der Waals surface area contributed by atoms with Gasteiger partial charge in [-0.05, 0) is 61.2 Å². The molecule has 1 aromatic heterocycles. The molecule has 1 amide bonds. The molecular weight excluding hydrogens is 444 g/mol. The van der Waals surface area contributed by atoms with Gasteiger partial charge in [0.15, 0.2) is 0 Å². The molecule has 0 radical (unpaired) electrons. The van der Waals surface area contributed by atoms with Gasteiger partial charge in [0.2, 0.25) is 15.9 Å². The van der Waals surface area contributed by atoms with E-state index < -0.39 is 22.0 Å². The molecule has 1 heterocycles. The molecule has 4 rings (SSSR count). The van der Waals surface area contributed by atoms with Crippen molar-refractivity contribution in [3.05, 3.63) is 83.4 Å². The first-order chi connectivity index (χ1) is 15.3. The van der Waals surface area contributed by atoms with Crippen LogP contribution in [-0.2, 0) is 21.2 Å². The van der Waals surface area contributed by atoms with Crippen molar-refractivity contribution < 1.29 is 13.2 Å². The first-order valence-electron chi connectivity index (χ1n) is 9.99. The van der Waals surface area contributed by atoms with E-state index in [-0.39, 0.29) is 16.8 Å². The Morgan fingerprint density at radius 1 is 0.969 bits per heavy atom. The van der Waals surface area contributed by atoms with Gasteiger partial charge in [0.25, 0.3) is 0 Å². The summed E-state index contributed by atoms with van der Waals surface area (Å²) in [5.41, 5.74) is 4.38. The monoisotopic (exact) mass is 466 g/mol. The zero-order valence-electron chi connectivity index (χ0n) is 17.6. The Morgan fingerprint density at radius 2 is 1.75 bits per heavy atom. The van der Waals surface area contributed by atoms with Crippen molar-refractivity contribution in [2.24, 2.45) is 0 Å². The van der Waals surface area contributed by atoms with Crippen LogP contribution in [0.4, 0.5) is 5.69 Å². The van der Waals surface area contributed by atoms with E-state index in [9.17, 15) is 13.2 Å². The van der Waals surface area contributed by atoms with Crippen molar-refractivity contribution in [3.8, 4) is 0 Å². The summed E-state index contributed by atoms with van der Waals surface area (Å²) >= 11 is 0.944. The van der Waals surface area contributed by atoms with Gasteiger partial charge in [0.1, 0.15) is 22.0 Å². The summed E-state index contributed by atoms with van der Waals surface area (Å²) in [6.07, 6.45) is 0.196. The molecule has 164 valence electrons. The van der Waals surface area contributed by atoms with Crippen molar-refractivity contribution >= 4 is 44.4 Å². The minimum absolute atomic E-state index is 0.000733. The highest BCUT2D eigenvalue weighted by Crippen LogP contribution is 2.22. The smallest absolute Gasteiger partial charge is 0.243 e. The third kappa shape index (κ3) is 4.85. The molecule has 3 aromatic carbocycles. The molecule has 9 heteroatoms. The van der Waals surface area contributed by atoms with Crippen LogP contribution < -0.4 is 10.0 Å². The van der Waals surface area contributed by atoms with Gasteiger partial charge < -0.3 is 5.32 Å². The van der Waals surface area contributed by atoms with Crippen LogP contribution in [0.15, 0.2) is 71.6 Å². The fraction of sp³-hybridized carbons (Fsp3) is 0.174. The summed E-state index contributed by atoms with van der Waals surface area (Å²) in [7, 11) is -4.03. The topological polar surface area (TPSA) is 101 Å². The van der Waals surface area contributed by atoms with Crippen molar-refractivity contribution in [3.63, 3.8) is 0 Å². The van der Waals surface area contributed by atoms with Gasteiger partial charge in [-0.25, -0.2) is 8.42 Å². The maximum Gasteiger partial charge on any atom is 0.243 e. The third-order valence-corrected chi connectivity index (χ3v) is 7.26. The number of rotatable bonds is 7. The van der Waals surface area contributed by atoms with E-state index in [1.165, 1.54) is 6.07 Å². The molecule has 0 bridgehead atoms. The molecule has 32 heavy (non-hydrogen) atoms. The van der Waals surface area contributed by atoms with Crippen LogP contribution >= 0.6 is 11.7 Å². The maximum absolute atomic E-state index is 13.2. The number of carbonyl (C=O) groups is 1. The molecule has 0 saturated carbocycles. The third-order valence-electron chi connectivity index (χ3n) is 5.21. The number of benzene rings is 3. The van der Waals surface area contributed by atoms with E-state index in [1.807, 2.05) is 56.3 Å². The Morgan fingerprint density at radius 3 is 2.50 bits per heavy atom. The highest BCUT2D eigenvalue weighted by molar-refractivity contribution is 7.89. The maximum atomic E-state index is 13.2. The van der Waals surface area contributed by atoms with Crippen LogP contribution in [0.2, 0.25) is 0 Å². The fourth-order valence-corrected chi connectivity index (χ4v) is 5.30. The normalized spacial score (nSPS) is 12.6. The molecular formula is C23H22N4O3S2. The van der Waals surface area contributed by atoms with E-state index in [4.69, 9.17) is 0 Å². The molecule has 0 fully saturated rings. The number of carbonyl (C=O) groups excluding carboxylic acids is 1. The summed E-state index contributed by atoms with van der Waals surface area (Å²) in [6.45, 7) is 3.94. The average Bonchev–Trinajstić information content (AvgIpc) is 3.25. The van der Waals surface area contributed by atoms with E-state index in [2.05, 4.69) is 18.8 Å². The van der Waals surface area contributed by atoms with Crippen LogP contribution in [0.5, 0.6) is 0 Å². The lowest BCUT2D eigenvalue weighted by molar-refractivity contribution is -0.117. The number of nitrogens with zero attached hydrogens (tertiary/aromatic N) is 2. The molecule has 0 unspecified atom stereocenters. The highest BCUT2D eigenvalue weighted by atomic mass is 32.2. The average molecular weight is 467 g/mol. The number of aromatic nitrogens is 2. The second-order valence-corrected chi connectivity index (χ2v) is 9.75. The zero-order chi connectivity index (χ0) is 22.7. The van der Waals surface area contributed by atoms with Crippen LogP contribution in [-0.4, -0.2) is 29.1 Å². The van der Waals surface area contributed by atoms with Crippen molar-refractivity contribution in [1.29, 1.82) is 0 Å². The van der Waals surface area contributed by atoms with Gasteiger partial charge in [-0.3, -0.25) is 4.79 Å². The van der Waals surface area contributed by atoms with Crippen molar-refractivity contribution in [2.75, 3.05) is 5.32 Å². The fourth-order valence-electron chi connectivity index (χ4n) is 3.34. The number of hydrogen-bond donors (Lipinski definition) is 2. The van der Waals surface area contributed by atoms with Gasteiger partial charge in [0, 0.05) is 5.69 Å². The SMILES string of the molecule is Cc1ccc(NC(=O)[C@@H](Cc2ccccc2)NS(=O)(=O)c2cccc3nsnc23)cc1C. The Labute approximate surface area is 190 Å². The number of hydrogen-bond acceptors (Lipinski definition) is 6. The zero-order valence-corrected chi connectivity index (χ0v) is 19.2. The number of anilines is 1. The lowest BCUT2D eigenvalue weighted by Gasteiger charge is -2.19. The standard InChI is InChI=1S/C23H22N4O3S2/c1-15-11-12-18(13-16(15)2)24-23(28)20(14-17-7-4-3-5-8-17)27-32(29,30)21-10-6-9-19-22(21)26-31-25-19/h3-13,20,27H,14H2,1-2H3,(H,24,28)/t20-/m1/s1. The second kappa shape index (κ2) is 9.15. The van der Waals surface area contributed by atoms with E-state index in [0.717, 1.165) is 28.4 Å². The second-order valence-electron chi connectivity index (χ2n) is 7.54. The Hall–Kier alpha value is -3.14. The highest BCUT2D eigenvalue weighted by Gasteiger charge is 2.28. The number of aryl methyl sites for hydroxylation is 2. The van der Waals surface area contributed by atoms with Crippen molar-refractivity contribution in [2.45, 2.75) is 31.2 Å². The largest absolute Gasteiger partial charge is 0.325 e. The Kier molecular flexibility index (Phi) is 6.31. The molecule has 0 aliphatic carbocycles. The lowest BCUT2D eigenvalue weighted by atomic mass is 10.1. The van der Waals surface area contributed by atoms with E-state index in [0.29, 0.717) is 11.2 Å². The summed E-state index contributed by atoms with van der Waals surface area (Å²) in [4.78, 5) is 13.2. The predicted molar refractivity (Wildman–Crippen MR) is 126 cm³/mol. The molecule has 0 aliphatic heterocycles. The molecule has 1 atom stereocenters. The van der Waals surface area contributed by atoms with Crippen molar-refractivity contribution in [1.82, 2.24) is 13.5 Å². The summed E-state index contributed by atoms with van der Waals surface area (Å²) in [6, 6.07) is 18.6. The number of nitrogens with one attached hydrogen (secondary N) is 2. The first-order valence-corrected chi connectivity index (χ1v) is 12.2. The Bertz CT molecular complexity index is 1370. The first kappa shape index (κ1) is 22.1. The van der Waals surface area contributed by atoms with Crippen LogP contribution in [0.25, 0.3) is 11.0 Å². The predicted octanol–water partition coefficient (Wildman–Crippen LogP) is 3.84. The molecule has 0 saturated heterocycles. The Balaban J connectivity index is 1.65. The van der Waals surface area contributed by atoms with E-state index >= 15 is 0 Å². The lowest BCUT2D eigenvalue weighted by Crippen LogP contribution is -2.45. The molecule has 4 aromatic rings. The van der Waals surface area contributed by atoms with Gasteiger partial charge in [-0.1, -0.05) is 42.5 Å². The summed E-state index contributed by atoms with van der Waals surface area (Å²) < 4.78 is 37.3. The number of fused-ring (bicyclic) bond motifs is 1. The summed E-state index contributed by atoms with van der Waals surface area (Å²) in [5.74, 6) is -0.441. The summed E-state index contributed by atoms with van der Waals surface area (Å²) in [5, 5.41) is 2.84. The molecule has 7 nitrogen and oxygen atoms in total. The van der Waals surface area contributed by atoms with Crippen LogP contribution in [0.3, 0.4) is 0 Å². The number of amides is 1. The minimum atomic E-state index is -4.03. The van der Waals surface area contributed by atoms with Gasteiger partial charge >= 0.3 is 0 Å². The molecule has 0 spiro atoms. The van der Waals surface area contributed by atoms with Gasteiger partial charge in [0.05, 0.1) is 11.7 Å². The molecule has 0 aliphatic rings. The van der Waals surface area contributed by atoms with Gasteiger partial charge in [-0.2, -0.15) is 13.5 Å². The van der Waals surface area contributed by atoms with Crippen LogP contribution in [0.1, 0.15) is 16.7 Å². The number of sulfonamides is 1. The van der Waals surface area contributed by atoms with Crippen LogP contribution in [0, 0.1) is 13.8 Å². The quantitative estimate of drug-likeness (QED) is 0.431. The van der Waals surface area contributed by atoms with E-state index in [1.54, 1.807) is 18.2 Å². The molecule has 2 N–H and O–H groups in total. The van der Waals surface area contributed by atoms with Gasteiger partial charge in [-0.15, -0.1) is 0 Å². The minimum Gasteiger partial charge on any atom is -0.325 e.